The number of nitrogens with one attached hydrogen (secondary N) is 1. The summed E-state index contributed by atoms with van der Waals surface area (Å²) in [6.45, 7) is 10.6. The number of anilines is 2. The molecule has 1 fully saturated rings. The van der Waals surface area contributed by atoms with E-state index in [1.54, 1.807) is 36.3 Å². The molecular formula is C28H38N4O4. The molecule has 36 heavy (non-hydrogen) atoms. The molecule has 0 aliphatic carbocycles. The lowest BCUT2D eigenvalue weighted by atomic mass is 10.1. The summed E-state index contributed by atoms with van der Waals surface area (Å²) in [7, 11) is 1.61. The predicted octanol–water partition coefficient (Wildman–Crippen LogP) is 3.88. The maximum atomic E-state index is 12.8. The second-order valence-corrected chi connectivity index (χ2v) is 9.82. The highest BCUT2D eigenvalue weighted by atomic mass is 16.5. The van der Waals surface area contributed by atoms with E-state index < -0.39 is 0 Å². The van der Waals surface area contributed by atoms with E-state index in [9.17, 15) is 14.4 Å². The number of hydrogen-bond donors (Lipinski definition) is 1. The van der Waals surface area contributed by atoms with E-state index in [4.69, 9.17) is 4.74 Å². The third kappa shape index (κ3) is 7.23. The van der Waals surface area contributed by atoms with Crippen LogP contribution in [0.25, 0.3) is 0 Å². The Morgan fingerprint density at radius 1 is 0.917 bits per heavy atom. The van der Waals surface area contributed by atoms with Crippen molar-refractivity contribution in [3.63, 3.8) is 0 Å². The van der Waals surface area contributed by atoms with Gasteiger partial charge >= 0.3 is 0 Å². The van der Waals surface area contributed by atoms with Gasteiger partial charge in [0.15, 0.2) is 0 Å². The van der Waals surface area contributed by atoms with E-state index in [1.807, 2.05) is 56.9 Å². The smallest absolute Gasteiger partial charge is 0.253 e. The highest BCUT2D eigenvalue weighted by molar-refractivity contribution is 5.95. The van der Waals surface area contributed by atoms with Crippen LogP contribution in [-0.4, -0.2) is 73.4 Å². The fraction of sp³-hybridized carbons (Fsp3) is 0.464. The molecule has 0 atom stereocenters. The summed E-state index contributed by atoms with van der Waals surface area (Å²) in [5.74, 6) is 0.789. The molecule has 3 rings (SSSR count). The second-order valence-electron chi connectivity index (χ2n) is 9.82. The molecule has 8 heteroatoms. The number of methoxy groups -OCH3 is 1. The Balaban J connectivity index is 1.51. The van der Waals surface area contributed by atoms with Gasteiger partial charge in [-0.15, -0.1) is 0 Å². The minimum absolute atomic E-state index is 0.00453. The van der Waals surface area contributed by atoms with Gasteiger partial charge in [-0.2, -0.15) is 0 Å². The van der Waals surface area contributed by atoms with E-state index >= 15 is 0 Å². The normalized spacial score (nSPS) is 13.6. The lowest BCUT2D eigenvalue weighted by Gasteiger charge is -2.36. The van der Waals surface area contributed by atoms with Crippen molar-refractivity contribution in [2.45, 2.75) is 40.2 Å². The van der Waals surface area contributed by atoms with Crippen LogP contribution >= 0.6 is 0 Å². The van der Waals surface area contributed by atoms with Crippen molar-refractivity contribution in [2.75, 3.05) is 50.1 Å². The number of amides is 3. The number of hydrogen-bond acceptors (Lipinski definition) is 5. The summed E-state index contributed by atoms with van der Waals surface area (Å²) in [4.78, 5) is 43.6. The lowest BCUT2D eigenvalue weighted by Crippen LogP contribution is -2.48. The monoisotopic (exact) mass is 494 g/mol. The Morgan fingerprint density at radius 2 is 1.53 bits per heavy atom. The molecule has 0 unspecified atom stereocenters. The SMILES string of the molecule is COc1ccc(C(=O)N2CCN(c3ccc(NC(=O)CN(C(=O)CC(C)C)C(C)C)cc3)CC2)cc1. The van der Waals surface area contributed by atoms with Gasteiger partial charge in [0.25, 0.3) is 5.91 Å². The highest BCUT2D eigenvalue weighted by Crippen LogP contribution is 2.21. The first-order valence-electron chi connectivity index (χ1n) is 12.6. The quantitative estimate of drug-likeness (QED) is 0.572. The van der Waals surface area contributed by atoms with Gasteiger partial charge in [0.2, 0.25) is 11.8 Å². The van der Waals surface area contributed by atoms with Crippen LogP contribution < -0.4 is 15.0 Å². The van der Waals surface area contributed by atoms with Crippen LogP contribution in [0.3, 0.4) is 0 Å². The average molecular weight is 495 g/mol. The summed E-state index contributed by atoms with van der Waals surface area (Å²) >= 11 is 0. The summed E-state index contributed by atoms with van der Waals surface area (Å²) in [5, 5.41) is 2.90. The van der Waals surface area contributed by atoms with Crippen molar-refractivity contribution in [1.82, 2.24) is 9.80 Å². The molecule has 0 aromatic heterocycles. The third-order valence-electron chi connectivity index (χ3n) is 6.26. The standard InChI is InChI=1S/C28H38N4O4/c1-20(2)18-27(34)32(21(3)4)19-26(33)29-23-8-10-24(11-9-23)30-14-16-31(17-15-30)28(35)22-6-12-25(36-5)13-7-22/h6-13,20-21H,14-19H2,1-5H3,(H,29,33). The Labute approximate surface area is 214 Å². The molecule has 2 aromatic rings. The van der Waals surface area contributed by atoms with E-state index in [1.165, 1.54) is 0 Å². The Bertz CT molecular complexity index is 1030. The minimum atomic E-state index is -0.209. The molecule has 0 spiro atoms. The van der Waals surface area contributed by atoms with Crippen LogP contribution in [0.5, 0.6) is 5.75 Å². The van der Waals surface area contributed by atoms with Crippen LogP contribution in [0.2, 0.25) is 0 Å². The zero-order chi connectivity index (χ0) is 26.2. The molecule has 1 aliphatic rings. The lowest BCUT2D eigenvalue weighted by molar-refractivity contribution is -0.137. The minimum Gasteiger partial charge on any atom is -0.497 e. The number of carbonyl (C=O) groups is 3. The molecule has 1 N–H and O–H groups in total. The summed E-state index contributed by atoms with van der Waals surface area (Å²) in [6.07, 6.45) is 0.430. The molecule has 3 amide bonds. The average Bonchev–Trinajstić information content (AvgIpc) is 2.87. The first-order valence-corrected chi connectivity index (χ1v) is 12.6. The van der Waals surface area contributed by atoms with Crippen molar-refractivity contribution < 1.29 is 19.1 Å². The molecular weight excluding hydrogens is 456 g/mol. The largest absolute Gasteiger partial charge is 0.497 e. The summed E-state index contributed by atoms with van der Waals surface area (Å²) < 4.78 is 5.16. The number of piperazine rings is 1. The zero-order valence-electron chi connectivity index (χ0n) is 22.0. The predicted molar refractivity (Wildman–Crippen MR) is 142 cm³/mol. The van der Waals surface area contributed by atoms with Crippen LogP contribution in [0, 0.1) is 5.92 Å². The number of rotatable bonds is 9. The second kappa shape index (κ2) is 12.4. The molecule has 2 aromatic carbocycles. The third-order valence-corrected chi connectivity index (χ3v) is 6.26. The number of nitrogens with zero attached hydrogens (tertiary/aromatic N) is 3. The highest BCUT2D eigenvalue weighted by Gasteiger charge is 2.23. The topological polar surface area (TPSA) is 82.2 Å². The van der Waals surface area contributed by atoms with Gasteiger partial charge in [0, 0.05) is 55.6 Å². The van der Waals surface area contributed by atoms with Gasteiger partial charge in [-0.25, -0.2) is 0 Å². The molecule has 1 heterocycles. The van der Waals surface area contributed by atoms with Gasteiger partial charge in [-0.1, -0.05) is 13.8 Å². The van der Waals surface area contributed by atoms with Gasteiger partial charge in [0.1, 0.15) is 12.3 Å². The van der Waals surface area contributed by atoms with Crippen molar-refractivity contribution in [1.29, 1.82) is 0 Å². The maximum Gasteiger partial charge on any atom is 0.253 e. The fourth-order valence-electron chi connectivity index (χ4n) is 4.22. The van der Waals surface area contributed by atoms with Gasteiger partial charge in [0.05, 0.1) is 7.11 Å². The number of benzene rings is 2. The molecule has 1 aliphatic heterocycles. The van der Waals surface area contributed by atoms with Crippen LogP contribution in [0.4, 0.5) is 11.4 Å². The van der Waals surface area contributed by atoms with Crippen LogP contribution in [0.15, 0.2) is 48.5 Å². The van der Waals surface area contributed by atoms with E-state index in [0.717, 1.165) is 24.5 Å². The van der Waals surface area contributed by atoms with Gasteiger partial charge in [-0.3, -0.25) is 14.4 Å². The first-order chi connectivity index (χ1) is 17.2. The molecule has 0 saturated carbocycles. The number of ether oxygens (including phenoxy) is 1. The fourth-order valence-corrected chi connectivity index (χ4v) is 4.22. The maximum absolute atomic E-state index is 12.8. The van der Waals surface area contributed by atoms with Gasteiger partial charge in [-0.05, 0) is 68.3 Å². The van der Waals surface area contributed by atoms with Crippen molar-refractivity contribution in [3.8, 4) is 5.75 Å². The van der Waals surface area contributed by atoms with Crippen LogP contribution in [0.1, 0.15) is 44.5 Å². The van der Waals surface area contributed by atoms with Gasteiger partial charge < -0.3 is 24.8 Å². The Kier molecular flexibility index (Phi) is 9.33. The van der Waals surface area contributed by atoms with Crippen molar-refractivity contribution >= 4 is 29.1 Å². The van der Waals surface area contributed by atoms with Crippen molar-refractivity contribution in [3.05, 3.63) is 54.1 Å². The van der Waals surface area contributed by atoms with Crippen molar-refractivity contribution in [2.24, 2.45) is 5.92 Å². The van der Waals surface area contributed by atoms with E-state index in [0.29, 0.717) is 30.8 Å². The first kappa shape index (κ1) is 27.0. The Hall–Kier alpha value is -3.55. The summed E-state index contributed by atoms with van der Waals surface area (Å²) in [5.41, 5.74) is 2.39. The molecule has 194 valence electrons. The molecule has 8 nitrogen and oxygen atoms in total. The molecule has 1 saturated heterocycles. The van der Waals surface area contributed by atoms with Crippen LogP contribution in [-0.2, 0) is 9.59 Å². The Morgan fingerprint density at radius 3 is 2.06 bits per heavy atom. The van der Waals surface area contributed by atoms with E-state index in [-0.39, 0.29) is 36.2 Å². The number of carbonyl (C=O) groups excluding carboxylic acids is 3. The van der Waals surface area contributed by atoms with E-state index in [2.05, 4.69) is 10.2 Å². The molecule has 0 radical (unpaired) electrons. The molecule has 0 bridgehead atoms. The zero-order valence-corrected chi connectivity index (χ0v) is 22.0. The summed E-state index contributed by atoms with van der Waals surface area (Å²) in [6, 6.07) is 14.8.